The van der Waals surface area contributed by atoms with E-state index < -0.39 is 43.6 Å². The third-order valence-electron chi connectivity index (χ3n) is 4.35. The SMILES string of the molecule is COC(=O)c1ccc(C(F)(F)F)cc1S(=O)(=O)N1CCC(C)(CN)C1.Cl. The van der Waals surface area contributed by atoms with E-state index in [-0.39, 0.29) is 32.0 Å². The van der Waals surface area contributed by atoms with Gasteiger partial charge < -0.3 is 10.5 Å². The minimum absolute atomic E-state index is 0. The number of methoxy groups -OCH3 is 1. The van der Waals surface area contributed by atoms with E-state index in [1.54, 1.807) is 6.92 Å². The van der Waals surface area contributed by atoms with Crippen LogP contribution < -0.4 is 5.73 Å². The van der Waals surface area contributed by atoms with Gasteiger partial charge in [-0.2, -0.15) is 17.5 Å². The number of benzene rings is 1. The Morgan fingerprint density at radius 1 is 1.38 bits per heavy atom. The fourth-order valence-corrected chi connectivity index (χ4v) is 4.48. The number of nitrogens with zero attached hydrogens (tertiary/aromatic N) is 1. The fraction of sp³-hybridized carbons (Fsp3) is 0.533. The summed E-state index contributed by atoms with van der Waals surface area (Å²) in [7, 11) is -3.29. The van der Waals surface area contributed by atoms with Crippen molar-refractivity contribution in [1.82, 2.24) is 4.31 Å². The Labute approximate surface area is 155 Å². The highest BCUT2D eigenvalue weighted by atomic mass is 35.5. The molecule has 1 heterocycles. The number of ether oxygens (including phenoxy) is 1. The third kappa shape index (κ3) is 4.30. The van der Waals surface area contributed by atoms with Crippen molar-refractivity contribution in [3.05, 3.63) is 29.3 Å². The van der Waals surface area contributed by atoms with Crippen LogP contribution in [0.1, 0.15) is 29.3 Å². The highest BCUT2D eigenvalue weighted by molar-refractivity contribution is 7.89. The van der Waals surface area contributed by atoms with Gasteiger partial charge in [0, 0.05) is 13.1 Å². The highest BCUT2D eigenvalue weighted by Crippen LogP contribution is 2.36. The van der Waals surface area contributed by atoms with E-state index in [4.69, 9.17) is 5.73 Å². The number of carbonyl (C=O) groups is 1. The Bertz CT molecular complexity index is 786. The Kier molecular flexibility index (Phi) is 6.73. The maximum atomic E-state index is 13.0. The van der Waals surface area contributed by atoms with Crippen LogP contribution in [0.25, 0.3) is 0 Å². The summed E-state index contributed by atoms with van der Waals surface area (Å²) in [5.41, 5.74) is 3.60. The summed E-state index contributed by atoms with van der Waals surface area (Å²) in [4.78, 5) is 11.1. The lowest BCUT2D eigenvalue weighted by atomic mass is 9.90. The number of esters is 1. The van der Waals surface area contributed by atoms with Gasteiger partial charge in [0.25, 0.3) is 0 Å². The first-order valence-corrected chi connectivity index (χ1v) is 8.88. The lowest BCUT2D eigenvalue weighted by Crippen LogP contribution is -2.35. The summed E-state index contributed by atoms with van der Waals surface area (Å²) >= 11 is 0. The lowest BCUT2D eigenvalue weighted by molar-refractivity contribution is -0.137. The van der Waals surface area contributed by atoms with E-state index in [9.17, 15) is 26.4 Å². The fourth-order valence-electron chi connectivity index (χ4n) is 2.68. The number of hydrogen-bond acceptors (Lipinski definition) is 5. The van der Waals surface area contributed by atoms with Crippen LogP contribution in [-0.2, 0) is 20.9 Å². The van der Waals surface area contributed by atoms with E-state index in [1.165, 1.54) is 0 Å². The molecule has 2 N–H and O–H groups in total. The van der Waals surface area contributed by atoms with Crippen LogP contribution >= 0.6 is 12.4 Å². The van der Waals surface area contributed by atoms with Crippen LogP contribution in [0, 0.1) is 5.41 Å². The number of carbonyl (C=O) groups excluding carboxylic acids is 1. The molecule has 1 aliphatic heterocycles. The zero-order chi connectivity index (χ0) is 19.0. The molecule has 0 aliphatic carbocycles. The predicted molar refractivity (Wildman–Crippen MR) is 90.6 cm³/mol. The molecule has 1 aromatic carbocycles. The van der Waals surface area contributed by atoms with Crippen LogP contribution in [0.4, 0.5) is 13.2 Å². The Morgan fingerprint density at radius 3 is 2.46 bits per heavy atom. The van der Waals surface area contributed by atoms with E-state index in [2.05, 4.69) is 4.74 Å². The lowest BCUT2D eigenvalue weighted by Gasteiger charge is -2.23. The van der Waals surface area contributed by atoms with E-state index >= 15 is 0 Å². The molecule has 2 rings (SSSR count). The van der Waals surface area contributed by atoms with Crippen molar-refractivity contribution >= 4 is 28.4 Å². The molecule has 6 nitrogen and oxygen atoms in total. The second-order valence-electron chi connectivity index (χ2n) is 6.30. The molecular weight excluding hydrogens is 397 g/mol. The minimum atomic E-state index is -4.74. The van der Waals surface area contributed by atoms with Crippen molar-refractivity contribution in [3.8, 4) is 0 Å². The van der Waals surface area contributed by atoms with Gasteiger partial charge in [-0.05, 0) is 36.6 Å². The van der Waals surface area contributed by atoms with Crippen LogP contribution in [0.3, 0.4) is 0 Å². The number of rotatable bonds is 4. The number of hydrogen-bond donors (Lipinski definition) is 1. The molecule has 1 aromatic rings. The monoisotopic (exact) mass is 416 g/mol. The molecule has 0 spiro atoms. The molecule has 11 heteroatoms. The molecule has 0 amide bonds. The first kappa shape index (κ1) is 22.7. The third-order valence-corrected chi connectivity index (χ3v) is 6.23. The molecule has 0 saturated carbocycles. The zero-order valence-electron chi connectivity index (χ0n) is 14.2. The molecule has 1 unspecified atom stereocenters. The maximum Gasteiger partial charge on any atom is 0.416 e. The molecule has 1 atom stereocenters. The smallest absolute Gasteiger partial charge is 0.416 e. The molecule has 1 aliphatic rings. The summed E-state index contributed by atoms with van der Waals surface area (Å²) in [6.45, 7) is 2.23. The van der Waals surface area contributed by atoms with E-state index in [0.29, 0.717) is 18.6 Å². The zero-order valence-corrected chi connectivity index (χ0v) is 15.8. The van der Waals surface area contributed by atoms with Gasteiger partial charge >= 0.3 is 12.1 Å². The van der Waals surface area contributed by atoms with Crippen molar-refractivity contribution in [2.75, 3.05) is 26.7 Å². The van der Waals surface area contributed by atoms with Crippen molar-refractivity contribution < 1.29 is 31.1 Å². The quantitative estimate of drug-likeness (QED) is 0.760. The van der Waals surface area contributed by atoms with Crippen LogP contribution in [0.5, 0.6) is 0 Å². The van der Waals surface area contributed by atoms with Crippen molar-refractivity contribution in [3.63, 3.8) is 0 Å². The van der Waals surface area contributed by atoms with Gasteiger partial charge in [0.1, 0.15) is 0 Å². The van der Waals surface area contributed by atoms with Gasteiger partial charge in [0.05, 0.1) is 23.1 Å². The molecule has 1 saturated heterocycles. The number of alkyl halides is 3. The van der Waals surface area contributed by atoms with Crippen LogP contribution in [-0.4, -0.2) is 45.4 Å². The van der Waals surface area contributed by atoms with Gasteiger partial charge in [0.2, 0.25) is 10.0 Å². The van der Waals surface area contributed by atoms with Gasteiger partial charge in [-0.1, -0.05) is 6.92 Å². The number of halogens is 4. The Morgan fingerprint density at radius 2 is 2.00 bits per heavy atom. The first-order chi connectivity index (χ1) is 11.4. The molecule has 0 aromatic heterocycles. The van der Waals surface area contributed by atoms with Gasteiger partial charge in [-0.15, -0.1) is 12.4 Å². The van der Waals surface area contributed by atoms with Crippen molar-refractivity contribution in [2.45, 2.75) is 24.4 Å². The van der Waals surface area contributed by atoms with Gasteiger partial charge in [-0.25, -0.2) is 13.2 Å². The summed E-state index contributed by atoms with van der Waals surface area (Å²) < 4.78 is 70.2. The average molecular weight is 417 g/mol. The van der Waals surface area contributed by atoms with Crippen LogP contribution in [0.15, 0.2) is 23.1 Å². The second-order valence-corrected chi connectivity index (χ2v) is 8.21. The summed E-state index contributed by atoms with van der Waals surface area (Å²) in [6.07, 6.45) is -4.26. The van der Waals surface area contributed by atoms with Crippen molar-refractivity contribution in [2.24, 2.45) is 11.1 Å². The predicted octanol–water partition coefficient (Wildman–Crippen LogP) is 2.27. The summed E-state index contributed by atoms with van der Waals surface area (Å²) in [5.74, 6) is -1.02. The van der Waals surface area contributed by atoms with Crippen molar-refractivity contribution in [1.29, 1.82) is 0 Å². The number of nitrogens with two attached hydrogens (primary N) is 1. The van der Waals surface area contributed by atoms with Gasteiger partial charge in [0.15, 0.2) is 0 Å². The Hall–Kier alpha value is -1.36. The largest absolute Gasteiger partial charge is 0.465 e. The van der Waals surface area contributed by atoms with E-state index in [0.717, 1.165) is 17.5 Å². The average Bonchev–Trinajstić information content (AvgIpc) is 2.96. The summed E-state index contributed by atoms with van der Waals surface area (Å²) in [5, 5.41) is 0. The molecule has 1 fully saturated rings. The van der Waals surface area contributed by atoms with Crippen LogP contribution in [0.2, 0.25) is 0 Å². The minimum Gasteiger partial charge on any atom is -0.465 e. The standard InChI is InChI=1S/C15H19F3N2O4S.ClH/c1-14(8-19)5-6-20(9-14)25(22,23)12-7-10(15(16,17)18)3-4-11(12)13(21)24-2;/h3-4,7H,5-6,8-9,19H2,1-2H3;1H. The molecule has 0 bridgehead atoms. The molecule has 0 radical (unpaired) electrons. The topological polar surface area (TPSA) is 89.7 Å². The first-order valence-electron chi connectivity index (χ1n) is 7.44. The molecule has 148 valence electrons. The van der Waals surface area contributed by atoms with E-state index in [1.807, 2.05) is 0 Å². The normalized spacial score (nSPS) is 21.3. The number of sulfonamides is 1. The summed E-state index contributed by atoms with van der Waals surface area (Å²) in [6, 6.07) is 1.94. The van der Waals surface area contributed by atoms with Gasteiger partial charge in [-0.3, -0.25) is 0 Å². The Balaban J connectivity index is 0.00000338. The second kappa shape index (κ2) is 7.71. The molecule has 26 heavy (non-hydrogen) atoms. The maximum absolute atomic E-state index is 13.0. The molecular formula is C15H20ClF3N2O4S. The highest BCUT2D eigenvalue weighted by Gasteiger charge is 2.41.